The highest BCUT2D eigenvalue weighted by atomic mass is 35.5. The van der Waals surface area contributed by atoms with Crippen LogP contribution in [0.2, 0.25) is 0 Å². The maximum absolute atomic E-state index is 10.9. The third-order valence-electron chi connectivity index (χ3n) is 7.17. The van der Waals surface area contributed by atoms with Crippen molar-refractivity contribution in [1.82, 2.24) is 10.2 Å². The van der Waals surface area contributed by atoms with Crippen LogP contribution in [0.3, 0.4) is 0 Å². The van der Waals surface area contributed by atoms with Crippen molar-refractivity contribution < 1.29 is 4.79 Å². The standard InChI is InChI=1S/C27H36N2O.2ClH/c1-21-5-7-22(8-6-21)19-29-16-13-24(4-2-3-17-30)27(20-29)26-10-9-23-11-14-28-15-12-25(23)18-26;;/h5-10,12,15,17-18,23-25,27-28H,2-4,11,13-14,16,19-20H2,1H3;2*1H. The molecule has 4 rings (SSSR count). The average Bonchev–Trinajstić information content (AvgIpc) is 3.01. The van der Waals surface area contributed by atoms with Gasteiger partial charge in [-0.3, -0.25) is 4.90 Å². The Labute approximate surface area is 206 Å². The molecular formula is C27H38Cl2N2O. The lowest BCUT2D eigenvalue weighted by Gasteiger charge is -2.41. The van der Waals surface area contributed by atoms with Crippen molar-refractivity contribution in [1.29, 1.82) is 0 Å². The monoisotopic (exact) mass is 476 g/mol. The fourth-order valence-electron chi connectivity index (χ4n) is 5.36. The molecule has 4 atom stereocenters. The molecule has 0 radical (unpaired) electrons. The van der Waals surface area contributed by atoms with Gasteiger partial charge in [-0.1, -0.05) is 54.1 Å². The number of hydrogen-bond donors (Lipinski definition) is 1. The van der Waals surface area contributed by atoms with E-state index in [9.17, 15) is 4.79 Å². The fraction of sp³-hybridized carbons (Fsp3) is 0.519. The number of aldehydes is 1. The molecule has 0 saturated carbocycles. The number of benzene rings is 1. The van der Waals surface area contributed by atoms with Gasteiger partial charge >= 0.3 is 0 Å². The number of nitrogens with zero attached hydrogens (tertiary/aromatic N) is 1. The van der Waals surface area contributed by atoms with Crippen molar-refractivity contribution in [3.8, 4) is 0 Å². The van der Waals surface area contributed by atoms with Crippen LogP contribution in [0.4, 0.5) is 0 Å². The van der Waals surface area contributed by atoms with Gasteiger partial charge in [0.15, 0.2) is 0 Å². The molecule has 1 N–H and O–H groups in total. The Balaban J connectivity index is 0.00000181. The van der Waals surface area contributed by atoms with Crippen molar-refractivity contribution in [2.75, 3.05) is 19.6 Å². The third-order valence-corrected chi connectivity index (χ3v) is 7.17. The fourth-order valence-corrected chi connectivity index (χ4v) is 5.36. The number of rotatable bonds is 7. The predicted molar refractivity (Wildman–Crippen MR) is 138 cm³/mol. The van der Waals surface area contributed by atoms with E-state index < -0.39 is 0 Å². The smallest absolute Gasteiger partial charge is 0.119 e. The molecule has 3 nitrogen and oxygen atoms in total. The second-order valence-corrected chi connectivity index (χ2v) is 9.34. The van der Waals surface area contributed by atoms with Gasteiger partial charge in [-0.15, -0.1) is 24.8 Å². The summed E-state index contributed by atoms with van der Waals surface area (Å²) in [7, 11) is 0. The van der Waals surface area contributed by atoms with Crippen LogP contribution in [0.1, 0.15) is 43.2 Å². The van der Waals surface area contributed by atoms with Gasteiger partial charge in [0, 0.05) is 32.0 Å². The Morgan fingerprint density at radius 1 is 1.12 bits per heavy atom. The number of aryl methyl sites for hydroxylation is 1. The van der Waals surface area contributed by atoms with Gasteiger partial charge < -0.3 is 10.1 Å². The minimum Gasteiger partial charge on any atom is -0.391 e. The van der Waals surface area contributed by atoms with Gasteiger partial charge in [0.1, 0.15) is 6.29 Å². The second-order valence-electron chi connectivity index (χ2n) is 9.34. The highest BCUT2D eigenvalue weighted by molar-refractivity contribution is 5.85. The zero-order chi connectivity index (χ0) is 20.8. The minimum atomic E-state index is 0. The molecular weight excluding hydrogens is 439 g/mol. The lowest BCUT2D eigenvalue weighted by atomic mass is 9.73. The first kappa shape index (κ1) is 26.7. The van der Waals surface area contributed by atoms with E-state index in [1.54, 1.807) is 0 Å². The number of unbranched alkanes of at least 4 members (excludes halogenated alkanes) is 1. The molecule has 0 bridgehead atoms. The van der Waals surface area contributed by atoms with E-state index in [0.717, 1.165) is 38.9 Å². The maximum atomic E-state index is 10.9. The Morgan fingerprint density at radius 3 is 2.72 bits per heavy atom. The zero-order valence-corrected chi connectivity index (χ0v) is 20.8. The number of piperidine rings is 1. The van der Waals surface area contributed by atoms with Crippen LogP contribution in [-0.2, 0) is 11.3 Å². The molecule has 4 unspecified atom stereocenters. The summed E-state index contributed by atoms with van der Waals surface area (Å²) in [6.07, 6.45) is 18.3. The van der Waals surface area contributed by atoms with E-state index in [4.69, 9.17) is 0 Å². The molecule has 0 spiro atoms. The molecule has 1 fully saturated rings. The van der Waals surface area contributed by atoms with Gasteiger partial charge in [0.25, 0.3) is 0 Å². The lowest BCUT2D eigenvalue weighted by Crippen LogP contribution is -2.41. The van der Waals surface area contributed by atoms with Crippen LogP contribution in [0.5, 0.6) is 0 Å². The molecule has 0 aromatic heterocycles. The van der Waals surface area contributed by atoms with E-state index in [2.05, 4.69) is 71.9 Å². The van der Waals surface area contributed by atoms with Crippen molar-refractivity contribution >= 4 is 31.1 Å². The first-order valence-corrected chi connectivity index (χ1v) is 11.7. The number of fused-ring (bicyclic) bond motifs is 1. The molecule has 2 heterocycles. The van der Waals surface area contributed by atoms with E-state index in [-0.39, 0.29) is 24.8 Å². The Kier molecular flexibility index (Phi) is 11.0. The van der Waals surface area contributed by atoms with Gasteiger partial charge in [-0.25, -0.2) is 0 Å². The summed E-state index contributed by atoms with van der Waals surface area (Å²) >= 11 is 0. The first-order valence-electron chi connectivity index (χ1n) is 11.7. The summed E-state index contributed by atoms with van der Waals surface area (Å²) in [6, 6.07) is 8.98. The van der Waals surface area contributed by atoms with Crippen LogP contribution < -0.4 is 5.32 Å². The molecule has 3 aliphatic rings. The van der Waals surface area contributed by atoms with Gasteiger partial charge in [0.05, 0.1) is 0 Å². The third kappa shape index (κ3) is 6.97. The number of carbonyl (C=O) groups excluding carboxylic acids is 1. The Morgan fingerprint density at radius 2 is 1.94 bits per heavy atom. The quantitative estimate of drug-likeness (QED) is 0.393. The molecule has 5 heteroatoms. The molecule has 1 aromatic rings. The number of allylic oxidation sites excluding steroid dienone is 4. The lowest BCUT2D eigenvalue weighted by molar-refractivity contribution is -0.108. The van der Waals surface area contributed by atoms with E-state index in [1.807, 2.05) is 0 Å². The van der Waals surface area contributed by atoms with E-state index >= 15 is 0 Å². The topological polar surface area (TPSA) is 32.3 Å². The summed E-state index contributed by atoms with van der Waals surface area (Å²) in [5, 5.41) is 3.39. The molecule has 2 aliphatic heterocycles. The van der Waals surface area contributed by atoms with Crippen molar-refractivity contribution in [3.05, 3.63) is 71.5 Å². The Bertz CT molecular complexity index is 802. The average molecular weight is 478 g/mol. The summed E-state index contributed by atoms with van der Waals surface area (Å²) < 4.78 is 0. The number of carbonyl (C=O) groups is 1. The van der Waals surface area contributed by atoms with Gasteiger partial charge in [-0.05, 0) is 74.2 Å². The van der Waals surface area contributed by atoms with Gasteiger partial charge in [0.2, 0.25) is 0 Å². The van der Waals surface area contributed by atoms with E-state index in [0.29, 0.717) is 30.1 Å². The van der Waals surface area contributed by atoms with Crippen molar-refractivity contribution in [2.45, 2.75) is 45.6 Å². The summed E-state index contributed by atoms with van der Waals surface area (Å²) in [4.78, 5) is 13.5. The van der Waals surface area contributed by atoms with Crippen LogP contribution in [0.15, 0.2) is 60.3 Å². The van der Waals surface area contributed by atoms with Crippen molar-refractivity contribution in [3.63, 3.8) is 0 Å². The predicted octanol–water partition coefficient (Wildman–Crippen LogP) is 5.88. The number of likely N-dealkylation sites (tertiary alicyclic amines) is 1. The summed E-state index contributed by atoms with van der Waals surface area (Å²) in [5.74, 6) is 2.39. The van der Waals surface area contributed by atoms with Crippen LogP contribution in [0, 0.1) is 30.6 Å². The zero-order valence-electron chi connectivity index (χ0n) is 19.1. The summed E-state index contributed by atoms with van der Waals surface area (Å²) in [5.41, 5.74) is 4.25. The largest absolute Gasteiger partial charge is 0.391 e. The van der Waals surface area contributed by atoms with Gasteiger partial charge in [-0.2, -0.15) is 0 Å². The molecule has 176 valence electrons. The van der Waals surface area contributed by atoms with Crippen LogP contribution >= 0.6 is 24.8 Å². The normalized spacial score (nSPS) is 27.1. The molecule has 1 saturated heterocycles. The highest BCUT2D eigenvalue weighted by Gasteiger charge is 2.32. The maximum Gasteiger partial charge on any atom is 0.119 e. The number of nitrogens with one attached hydrogen (secondary N) is 1. The van der Waals surface area contributed by atoms with Crippen LogP contribution in [0.25, 0.3) is 0 Å². The Hall–Kier alpha value is -1.55. The minimum absolute atomic E-state index is 0. The highest BCUT2D eigenvalue weighted by Crippen LogP contribution is 2.38. The summed E-state index contributed by atoms with van der Waals surface area (Å²) in [6.45, 7) is 6.52. The SMILES string of the molecule is Cc1ccc(CN2CCC(CCCC=O)C(C3=CC4C=CNCCC4C=C3)C2)cc1.Cl.Cl. The van der Waals surface area contributed by atoms with Crippen LogP contribution in [-0.4, -0.2) is 30.8 Å². The second kappa shape index (κ2) is 13.2. The number of hydrogen-bond acceptors (Lipinski definition) is 3. The number of halogens is 2. The molecule has 0 amide bonds. The molecule has 1 aromatic carbocycles. The first-order chi connectivity index (χ1) is 14.7. The molecule has 1 aliphatic carbocycles. The van der Waals surface area contributed by atoms with Crippen molar-refractivity contribution in [2.24, 2.45) is 23.7 Å². The van der Waals surface area contributed by atoms with E-state index in [1.165, 1.54) is 36.0 Å². The molecule has 32 heavy (non-hydrogen) atoms.